The number of hydrogen-bond acceptors (Lipinski definition) is 6. The maximum absolute atomic E-state index is 14.2. The van der Waals surface area contributed by atoms with Gasteiger partial charge in [0.2, 0.25) is 0 Å². The summed E-state index contributed by atoms with van der Waals surface area (Å²) >= 11 is 0. The third-order valence-electron chi connectivity index (χ3n) is 7.11. The molecule has 3 heterocycles. The van der Waals surface area contributed by atoms with Crippen LogP contribution in [-0.2, 0) is 4.74 Å². The van der Waals surface area contributed by atoms with E-state index in [2.05, 4.69) is 49.4 Å². The molecule has 5 aromatic rings. The van der Waals surface area contributed by atoms with Crippen molar-refractivity contribution in [2.45, 2.75) is 19.1 Å². The molecule has 1 amide bonds. The van der Waals surface area contributed by atoms with E-state index in [1.165, 1.54) is 0 Å². The van der Waals surface area contributed by atoms with Crippen LogP contribution >= 0.6 is 0 Å². The topological polar surface area (TPSA) is 102 Å². The standard InChI is InChI=1S/C29H29F2N7O2/c1-16-15-40-19(13-37(2)3)14-38(16)18-8-10-22-25(12-18)33-28(32-22)27-26-23(5-4-6-24(26)35-36-27)34-29(39)20-9-7-17(30)11-21(20)31/h4-12,16,19H,13-15H2,1-3H3,(H,32,33)(H,34,39)(H,35,36). The van der Waals surface area contributed by atoms with Crippen LogP contribution in [0.5, 0.6) is 0 Å². The Balaban J connectivity index is 1.32. The molecule has 9 nitrogen and oxygen atoms in total. The number of imidazole rings is 1. The molecule has 0 aliphatic carbocycles. The number of nitrogens with zero attached hydrogens (tertiary/aromatic N) is 4. The summed E-state index contributed by atoms with van der Waals surface area (Å²) < 4.78 is 33.6. The molecule has 1 fully saturated rings. The molecule has 3 N–H and O–H groups in total. The highest BCUT2D eigenvalue weighted by Gasteiger charge is 2.27. The van der Waals surface area contributed by atoms with Crippen LogP contribution in [0.25, 0.3) is 33.5 Å². The fraction of sp³-hybridized carbons (Fsp3) is 0.276. The summed E-state index contributed by atoms with van der Waals surface area (Å²) in [6.07, 6.45) is 0.117. The SMILES string of the molecule is CC1COC(CN(C)C)CN1c1ccc2nc(-c3n[nH]c4cccc(NC(=O)c5ccc(F)cc5F)c34)[nH]c2c1. The van der Waals surface area contributed by atoms with Gasteiger partial charge in [-0.05, 0) is 63.5 Å². The van der Waals surface area contributed by atoms with Crippen LogP contribution in [0.4, 0.5) is 20.2 Å². The Hall–Kier alpha value is -4.35. The molecule has 1 aliphatic rings. The molecular formula is C29H29F2N7O2. The summed E-state index contributed by atoms with van der Waals surface area (Å²) in [5.41, 5.74) is 4.03. The number of hydrogen-bond donors (Lipinski definition) is 3. The molecule has 2 unspecified atom stereocenters. The molecule has 11 heteroatoms. The second-order valence-corrected chi connectivity index (χ2v) is 10.4. The first-order chi connectivity index (χ1) is 19.3. The van der Waals surface area contributed by atoms with Gasteiger partial charge < -0.3 is 24.8 Å². The molecule has 2 atom stereocenters. The van der Waals surface area contributed by atoms with E-state index in [4.69, 9.17) is 9.72 Å². The van der Waals surface area contributed by atoms with E-state index in [1.54, 1.807) is 12.1 Å². The van der Waals surface area contributed by atoms with E-state index in [9.17, 15) is 13.6 Å². The Morgan fingerprint density at radius 2 is 2.00 bits per heavy atom. The average Bonchev–Trinajstić information content (AvgIpc) is 3.53. The molecule has 3 aromatic carbocycles. The minimum absolute atomic E-state index is 0.117. The number of ether oxygens (including phenoxy) is 1. The molecule has 206 valence electrons. The van der Waals surface area contributed by atoms with Crippen molar-refractivity contribution in [1.82, 2.24) is 25.1 Å². The van der Waals surface area contributed by atoms with Crippen LogP contribution in [0.15, 0.2) is 54.6 Å². The van der Waals surface area contributed by atoms with E-state index < -0.39 is 17.5 Å². The number of likely N-dealkylation sites (N-methyl/N-ethyl adjacent to an activating group) is 1. The third kappa shape index (κ3) is 4.89. The number of anilines is 2. The Bertz CT molecular complexity index is 1710. The predicted molar refractivity (Wildman–Crippen MR) is 151 cm³/mol. The predicted octanol–water partition coefficient (Wildman–Crippen LogP) is 4.79. The van der Waals surface area contributed by atoms with Crippen molar-refractivity contribution in [3.05, 3.63) is 71.8 Å². The van der Waals surface area contributed by atoms with Crippen molar-refractivity contribution in [1.29, 1.82) is 0 Å². The number of benzene rings is 3. The van der Waals surface area contributed by atoms with Crippen LogP contribution in [0, 0.1) is 11.6 Å². The second-order valence-electron chi connectivity index (χ2n) is 10.4. The van der Waals surface area contributed by atoms with Crippen LogP contribution in [0.3, 0.4) is 0 Å². The molecule has 0 spiro atoms. The van der Waals surface area contributed by atoms with Gasteiger partial charge in [-0.25, -0.2) is 13.8 Å². The fourth-order valence-electron chi connectivity index (χ4n) is 5.19. The lowest BCUT2D eigenvalue weighted by atomic mass is 10.1. The van der Waals surface area contributed by atoms with Crippen LogP contribution in [0.1, 0.15) is 17.3 Å². The summed E-state index contributed by atoms with van der Waals surface area (Å²) in [5.74, 6) is -1.86. The van der Waals surface area contributed by atoms with Crippen LogP contribution in [-0.4, -0.2) is 76.9 Å². The van der Waals surface area contributed by atoms with Gasteiger partial charge in [0.25, 0.3) is 5.91 Å². The van der Waals surface area contributed by atoms with Gasteiger partial charge in [-0.3, -0.25) is 9.89 Å². The van der Waals surface area contributed by atoms with E-state index >= 15 is 0 Å². The summed E-state index contributed by atoms with van der Waals surface area (Å²) in [4.78, 5) is 25.5. The normalized spacial score (nSPS) is 17.7. The number of amides is 1. The average molecular weight is 546 g/mol. The number of halogens is 2. The van der Waals surface area contributed by atoms with Gasteiger partial charge >= 0.3 is 0 Å². The van der Waals surface area contributed by atoms with Gasteiger partial charge in [0.1, 0.15) is 17.3 Å². The summed E-state index contributed by atoms with van der Waals surface area (Å²) in [5, 5.41) is 10.8. The smallest absolute Gasteiger partial charge is 0.258 e. The summed E-state index contributed by atoms with van der Waals surface area (Å²) in [6, 6.07) is 14.5. The molecule has 6 rings (SSSR count). The number of nitrogens with one attached hydrogen (secondary N) is 3. The monoisotopic (exact) mass is 545 g/mol. The minimum atomic E-state index is -0.937. The lowest BCUT2D eigenvalue weighted by molar-refractivity contribution is 0.00880. The number of carbonyl (C=O) groups excluding carboxylic acids is 1. The van der Waals surface area contributed by atoms with E-state index in [-0.39, 0.29) is 17.7 Å². The number of aromatic nitrogens is 4. The molecule has 0 bridgehead atoms. The van der Waals surface area contributed by atoms with Crippen LogP contribution < -0.4 is 10.2 Å². The zero-order chi connectivity index (χ0) is 28.0. The van der Waals surface area contributed by atoms with Crippen molar-refractivity contribution in [2.75, 3.05) is 44.0 Å². The van der Waals surface area contributed by atoms with Crippen molar-refractivity contribution < 1.29 is 18.3 Å². The lowest BCUT2D eigenvalue weighted by Crippen LogP contribution is -2.51. The zero-order valence-electron chi connectivity index (χ0n) is 22.3. The first-order valence-electron chi connectivity index (χ1n) is 13.0. The van der Waals surface area contributed by atoms with Gasteiger partial charge in [0.05, 0.1) is 45.9 Å². The number of carbonyl (C=O) groups is 1. The van der Waals surface area contributed by atoms with Gasteiger partial charge in [0.15, 0.2) is 5.82 Å². The number of H-pyrrole nitrogens is 2. The van der Waals surface area contributed by atoms with Gasteiger partial charge in [-0.15, -0.1) is 0 Å². The highest BCUT2D eigenvalue weighted by atomic mass is 19.1. The van der Waals surface area contributed by atoms with Crippen molar-refractivity contribution >= 4 is 39.2 Å². The zero-order valence-corrected chi connectivity index (χ0v) is 22.3. The number of rotatable bonds is 6. The molecule has 0 saturated carbocycles. The molecule has 1 saturated heterocycles. The molecule has 0 radical (unpaired) electrons. The first-order valence-corrected chi connectivity index (χ1v) is 13.0. The van der Waals surface area contributed by atoms with E-state index in [1.807, 2.05) is 26.2 Å². The van der Waals surface area contributed by atoms with Crippen molar-refractivity contribution in [2.24, 2.45) is 0 Å². The summed E-state index contributed by atoms with van der Waals surface area (Å²) in [7, 11) is 4.08. The highest BCUT2D eigenvalue weighted by molar-refractivity contribution is 6.11. The second kappa shape index (κ2) is 10.3. The van der Waals surface area contributed by atoms with Gasteiger partial charge in [-0.1, -0.05) is 6.07 Å². The van der Waals surface area contributed by atoms with E-state index in [0.717, 1.165) is 41.9 Å². The quantitative estimate of drug-likeness (QED) is 0.284. The molecule has 1 aliphatic heterocycles. The first kappa shape index (κ1) is 25.9. The van der Waals surface area contributed by atoms with Crippen molar-refractivity contribution in [3.8, 4) is 11.5 Å². The minimum Gasteiger partial charge on any atom is -0.373 e. The van der Waals surface area contributed by atoms with E-state index in [0.29, 0.717) is 40.8 Å². The molecular weight excluding hydrogens is 516 g/mol. The lowest BCUT2D eigenvalue weighted by Gasteiger charge is -2.40. The molecule has 40 heavy (non-hydrogen) atoms. The Kier molecular flexibility index (Phi) is 6.68. The third-order valence-corrected chi connectivity index (χ3v) is 7.11. The number of fused-ring (bicyclic) bond motifs is 2. The van der Waals surface area contributed by atoms with Crippen LogP contribution in [0.2, 0.25) is 0 Å². The van der Waals surface area contributed by atoms with Gasteiger partial charge in [0, 0.05) is 30.9 Å². The fourth-order valence-corrected chi connectivity index (χ4v) is 5.19. The maximum Gasteiger partial charge on any atom is 0.258 e. The maximum atomic E-state index is 14.2. The Morgan fingerprint density at radius 1 is 1.15 bits per heavy atom. The largest absolute Gasteiger partial charge is 0.373 e. The number of aromatic amines is 2. The van der Waals surface area contributed by atoms with Crippen molar-refractivity contribution in [3.63, 3.8) is 0 Å². The highest BCUT2D eigenvalue weighted by Crippen LogP contribution is 2.33. The Labute approximate surface area is 229 Å². The Morgan fingerprint density at radius 3 is 2.80 bits per heavy atom. The molecule has 2 aromatic heterocycles. The number of morpholine rings is 1. The summed E-state index contributed by atoms with van der Waals surface area (Å²) in [6.45, 7) is 4.43. The van der Waals surface area contributed by atoms with Gasteiger partial charge in [-0.2, -0.15) is 5.10 Å².